The molecule has 1 fully saturated rings. The molecule has 3 nitrogen and oxygen atoms in total. The zero-order valence-corrected chi connectivity index (χ0v) is 17.5. The first-order valence-corrected chi connectivity index (χ1v) is 11.1. The predicted octanol–water partition coefficient (Wildman–Crippen LogP) is 5.58. The summed E-state index contributed by atoms with van der Waals surface area (Å²) in [5.74, 6) is 0.992. The lowest BCUT2D eigenvalue weighted by molar-refractivity contribution is 0.0964. The maximum Gasteiger partial charge on any atom is 0.165 e. The van der Waals surface area contributed by atoms with Crippen LogP contribution in [0.25, 0.3) is 10.9 Å². The molecule has 1 aromatic heterocycles. The Morgan fingerprint density at radius 2 is 1.72 bits per heavy atom. The van der Waals surface area contributed by atoms with Crippen LogP contribution in [0.4, 0.5) is 0 Å². The van der Waals surface area contributed by atoms with Crippen molar-refractivity contribution in [2.24, 2.45) is 5.92 Å². The van der Waals surface area contributed by atoms with Crippen LogP contribution in [0.1, 0.15) is 48.5 Å². The number of fused-ring (bicyclic) bond motifs is 1. The van der Waals surface area contributed by atoms with Gasteiger partial charge in [0, 0.05) is 42.2 Å². The molecule has 0 bridgehead atoms. The standard InChI is InChI=1S/C26H32N2O/c1-2-28-20-24(23-10-6-7-11-25(23)28)26(29)13-12-22-15-18-27(19-16-22)17-14-21-8-4-3-5-9-21/h3-11,20,22H,2,12-19H2,1H3. The minimum atomic E-state index is 0.305. The molecule has 0 radical (unpaired) electrons. The summed E-state index contributed by atoms with van der Waals surface area (Å²) < 4.78 is 2.19. The third-order valence-electron chi connectivity index (χ3n) is 6.48. The molecule has 1 aliphatic heterocycles. The molecular weight excluding hydrogens is 356 g/mol. The van der Waals surface area contributed by atoms with Gasteiger partial charge in [-0.1, -0.05) is 48.5 Å². The number of likely N-dealkylation sites (tertiary alicyclic amines) is 1. The molecule has 0 saturated carbocycles. The number of aromatic nitrogens is 1. The van der Waals surface area contributed by atoms with E-state index in [1.165, 1.54) is 37.0 Å². The zero-order valence-electron chi connectivity index (χ0n) is 17.5. The number of carbonyl (C=O) groups is 1. The summed E-state index contributed by atoms with van der Waals surface area (Å²) in [6.07, 6.45) is 7.33. The Morgan fingerprint density at radius 1 is 1.00 bits per heavy atom. The molecule has 0 aliphatic carbocycles. The van der Waals surface area contributed by atoms with E-state index in [2.05, 4.69) is 65.1 Å². The number of nitrogens with zero attached hydrogens (tertiary/aromatic N) is 2. The quantitative estimate of drug-likeness (QED) is 0.471. The molecule has 2 aromatic carbocycles. The van der Waals surface area contributed by atoms with Gasteiger partial charge in [0.25, 0.3) is 0 Å². The van der Waals surface area contributed by atoms with Crippen LogP contribution >= 0.6 is 0 Å². The monoisotopic (exact) mass is 388 g/mol. The smallest absolute Gasteiger partial charge is 0.165 e. The van der Waals surface area contributed by atoms with Gasteiger partial charge in [0.15, 0.2) is 5.78 Å². The van der Waals surface area contributed by atoms with Crippen molar-refractivity contribution in [2.75, 3.05) is 19.6 Å². The molecule has 2 heterocycles. The van der Waals surface area contributed by atoms with Gasteiger partial charge in [-0.2, -0.15) is 0 Å². The van der Waals surface area contributed by atoms with Gasteiger partial charge >= 0.3 is 0 Å². The Kier molecular flexibility index (Phi) is 6.46. The number of hydrogen-bond acceptors (Lipinski definition) is 2. The van der Waals surface area contributed by atoms with Gasteiger partial charge in [-0.15, -0.1) is 0 Å². The SMILES string of the molecule is CCn1cc(C(=O)CCC2CCN(CCc3ccccc3)CC2)c2ccccc21. The summed E-state index contributed by atoms with van der Waals surface area (Å²) in [7, 11) is 0. The van der Waals surface area contributed by atoms with Gasteiger partial charge in [-0.05, 0) is 63.2 Å². The van der Waals surface area contributed by atoms with Crippen LogP contribution in [0.3, 0.4) is 0 Å². The number of piperidine rings is 1. The average molecular weight is 389 g/mol. The topological polar surface area (TPSA) is 25.2 Å². The van der Waals surface area contributed by atoms with Gasteiger partial charge in [0.2, 0.25) is 0 Å². The third-order valence-corrected chi connectivity index (χ3v) is 6.48. The average Bonchev–Trinajstić information content (AvgIpc) is 3.16. The third kappa shape index (κ3) is 4.79. The van der Waals surface area contributed by atoms with Crippen molar-refractivity contribution in [3.8, 4) is 0 Å². The number of Topliss-reactive ketones (excluding diaryl/α,β-unsaturated/α-hetero) is 1. The summed E-state index contributed by atoms with van der Waals surface area (Å²) in [6, 6.07) is 19.0. The van der Waals surface area contributed by atoms with E-state index in [4.69, 9.17) is 0 Å². The summed E-state index contributed by atoms with van der Waals surface area (Å²) >= 11 is 0. The largest absolute Gasteiger partial charge is 0.347 e. The lowest BCUT2D eigenvalue weighted by Crippen LogP contribution is -2.35. The lowest BCUT2D eigenvalue weighted by atomic mass is 9.90. The summed E-state index contributed by atoms with van der Waals surface area (Å²) in [5, 5.41) is 1.11. The summed E-state index contributed by atoms with van der Waals surface area (Å²) in [5.41, 5.74) is 3.50. The Bertz CT molecular complexity index is 936. The highest BCUT2D eigenvalue weighted by Crippen LogP contribution is 2.26. The van der Waals surface area contributed by atoms with E-state index in [1.54, 1.807) is 0 Å². The van der Waals surface area contributed by atoms with Crippen molar-refractivity contribution in [3.63, 3.8) is 0 Å². The van der Waals surface area contributed by atoms with Crippen molar-refractivity contribution in [2.45, 2.75) is 45.6 Å². The van der Waals surface area contributed by atoms with E-state index in [0.717, 1.165) is 36.9 Å². The molecule has 0 atom stereocenters. The number of para-hydroxylation sites is 1. The van der Waals surface area contributed by atoms with E-state index in [9.17, 15) is 4.79 Å². The van der Waals surface area contributed by atoms with Crippen LogP contribution in [-0.4, -0.2) is 34.9 Å². The number of carbonyl (C=O) groups excluding carboxylic acids is 1. The Hall–Kier alpha value is -2.39. The molecular formula is C26H32N2O. The van der Waals surface area contributed by atoms with Crippen LogP contribution in [0, 0.1) is 5.92 Å². The van der Waals surface area contributed by atoms with Crippen LogP contribution in [-0.2, 0) is 13.0 Å². The van der Waals surface area contributed by atoms with E-state index in [1.807, 2.05) is 12.1 Å². The molecule has 3 heteroatoms. The van der Waals surface area contributed by atoms with Crippen LogP contribution < -0.4 is 0 Å². The molecule has 0 spiro atoms. The maximum atomic E-state index is 12.9. The van der Waals surface area contributed by atoms with Crippen LogP contribution in [0.15, 0.2) is 60.8 Å². The molecule has 0 N–H and O–H groups in total. The van der Waals surface area contributed by atoms with Crippen LogP contribution in [0.2, 0.25) is 0 Å². The Morgan fingerprint density at radius 3 is 2.48 bits per heavy atom. The van der Waals surface area contributed by atoms with Gasteiger partial charge in [-0.3, -0.25) is 4.79 Å². The van der Waals surface area contributed by atoms with E-state index in [0.29, 0.717) is 18.1 Å². The number of aryl methyl sites for hydroxylation is 1. The maximum absolute atomic E-state index is 12.9. The number of benzene rings is 2. The molecule has 152 valence electrons. The summed E-state index contributed by atoms with van der Waals surface area (Å²) in [6.45, 7) is 6.51. The predicted molar refractivity (Wildman–Crippen MR) is 120 cm³/mol. The molecule has 1 aliphatic rings. The first kappa shape index (κ1) is 19.9. The number of hydrogen-bond donors (Lipinski definition) is 0. The number of rotatable bonds is 8. The molecule has 29 heavy (non-hydrogen) atoms. The van der Waals surface area contributed by atoms with Crippen molar-refractivity contribution in [1.82, 2.24) is 9.47 Å². The van der Waals surface area contributed by atoms with Crippen molar-refractivity contribution < 1.29 is 4.79 Å². The normalized spacial score (nSPS) is 15.8. The number of ketones is 1. The minimum Gasteiger partial charge on any atom is -0.347 e. The lowest BCUT2D eigenvalue weighted by Gasteiger charge is -2.31. The van der Waals surface area contributed by atoms with E-state index >= 15 is 0 Å². The van der Waals surface area contributed by atoms with E-state index in [-0.39, 0.29) is 0 Å². The van der Waals surface area contributed by atoms with Crippen molar-refractivity contribution in [1.29, 1.82) is 0 Å². The van der Waals surface area contributed by atoms with Crippen molar-refractivity contribution in [3.05, 3.63) is 71.9 Å². The molecule has 0 amide bonds. The second kappa shape index (κ2) is 9.41. The second-order valence-electron chi connectivity index (χ2n) is 8.33. The van der Waals surface area contributed by atoms with Gasteiger partial charge < -0.3 is 9.47 Å². The molecule has 0 unspecified atom stereocenters. The highest BCUT2D eigenvalue weighted by atomic mass is 16.1. The Labute approximate surface area is 174 Å². The first-order valence-electron chi connectivity index (χ1n) is 11.1. The molecule has 3 aromatic rings. The fourth-order valence-electron chi connectivity index (χ4n) is 4.63. The molecule has 4 rings (SSSR count). The van der Waals surface area contributed by atoms with Crippen molar-refractivity contribution >= 4 is 16.7 Å². The van der Waals surface area contributed by atoms with Gasteiger partial charge in [-0.25, -0.2) is 0 Å². The minimum absolute atomic E-state index is 0.305. The second-order valence-corrected chi connectivity index (χ2v) is 8.33. The highest BCUT2D eigenvalue weighted by molar-refractivity contribution is 6.08. The first-order chi connectivity index (χ1) is 14.2. The zero-order chi connectivity index (χ0) is 20.1. The Balaban J connectivity index is 1.26. The molecule has 1 saturated heterocycles. The fraction of sp³-hybridized carbons (Fsp3) is 0.423. The van der Waals surface area contributed by atoms with Gasteiger partial charge in [0.05, 0.1) is 0 Å². The van der Waals surface area contributed by atoms with Gasteiger partial charge in [0.1, 0.15) is 0 Å². The highest BCUT2D eigenvalue weighted by Gasteiger charge is 2.21. The van der Waals surface area contributed by atoms with Crippen LogP contribution in [0.5, 0.6) is 0 Å². The fourth-order valence-corrected chi connectivity index (χ4v) is 4.63. The van der Waals surface area contributed by atoms with E-state index < -0.39 is 0 Å². The summed E-state index contributed by atoms with van der Waals surface area (Å²) in [4.78, 5) is 15.5.